The Morgan fingerprint density at radius 2 is 1.71 bits per heavy atom. The van der Waals surface area contributed by atoms with E-state index in [1.54, 1.807) is 5.01 Å². The fourth-order valence-electron chi connectivity index (χ4n) is 2.53. The first-order valence-corrected chi connectivity index (χ1v) is 7.86. The van der Waals surface area contributed by atoms with Crippen LogP contribution in [0, 0.1) is 5.41 Å². The minimum absolute atomic E-state index is 0.341. The highest BCUT2D eigenvalue weighted by atomic mass is 15.5. The van der Waals surface area contributed by atoms with Crippen molar-refractivity contribution in [3.05, 3.63) is 60.2 Å². The maximum atomic E-state index is 8.38. The van der Waals surface area contributed by atoms with Crippen molar-refractivity contribution >= 4 is 28.6 Å². The summed E-state index contributed by atoms with van der Waals surface area (Å²) in [7, 11) is 4.01. The Bertz CT molecular complexity index is 788. The van der Waals surface area contributed by atoms with Gasteiger partial charge in [-0.05, 0) is 36.8 Å². The molecule has 0 spiro atoms. The second-order valence-corrected chi connectivity index (χ2v) is 5.95. The van der Waals surface area contributed by atoms with Crippen LogP contribution in [0.4, 0.5) is 11.4 Å². The number of nitrogens with zero attached hydrogens (tertiary/aromatic N) is 4. The highest BCUT2D eigenvalue weighted by Crippen LogP contribution is 2.20. The molecule has 1 N–H and O–H groups in total. The number of hydrazone groups is 1. The molecule has 2 aromatic rings. The molecule has 0 amide bonds. The Labute approximate surface area is 142 Å². The van der Waals surface area contributed by atoms with Crippen LogP contribution in [0.2, 0.25) is 0 Å². The summed E-state index contributed by atoms with van der Waals surface area (Å²) in [5.74, 6) is 0.341. The first-order chi connectivity index (χ1) is 11.5. The van der Waals surface area contributed by atoms with Crippen LogP contribution in [0.25, 0.3) is 0 Å². The maximum Gasteiger partial charge on any atom is 0.169 e. The Balaban J connectivity index is 1.79. The third-order valence-electron chi connectivity index (χ3n) is 3.88. The summed E-state index contributed by atoms with van der Waals surface area (Å²) in [6.45, 7) is 2.47. The monoisotopic (exact) mass is 319 g/mol. The van der Waals surface area contributed by atoms with Crippen molar-refractivity contribution in [3.63, 3.8) is 0 Å². The van der Waals surface area contributed by atoms with E-state index in [2.05, 4.69) is 10.1 Å². The van der Waals surface area contributed by atoms with Gasteiger partial charge in [-0.2, -0.15) is 5.10 Å². The van der Waals surface area contributed by atoms with Crippen molar-refractivity contribution in [3.8, 4) is 0 Å². The second kappa shape index (κ2) is 6.66. The molecular weight excluding hydrogens is 298 g/mol. The minimum Gasteiger partial charge on any atom is -0.378 e. The summed E-state index contributed by atoms with van der Waals surface area (Å²) < 4.78 is 0. The van der Waals surface area contributed by atoms with Crippen molar-refractivity contribution in [2.75, 3.05) is 19.0 Å². The molecule has 1 aliphatic heterocycles. The number of aliphatic imine (C=N–C) groups is 1. The van der Waals surface area contributed by atoms with Crippen molar-refractivity contribution in [2.45, 2.75) is 13.5 Å². The molecule has 24 heavy (non-hydrogen) atoms. The highest BCUT2D eigenvalue weighted by molar-refractivity contribution is 6.69. The molecule has 2 aromatic carbocycles. The molecule has 5 heteroatoms. The van der Waals surface area contributed by atoms with Gasteiger partial charge in [0.05, 0.1) is 17.9 Å². The fourth-order valence-corrected chi connectivity index (χ4v) is 2.53. The molecule has 0 unspecified atom stereocenters. The number of benzene rings is 2. The van der Waals surface area contributed by atoms with E-state index in [1.165, 1.54) is 0 Å². The molecule has 0 radical (unpaired) electrons. The van der Waals surface area contributed by atoms with Gasteiger partial charge in [0.15, 0.2) is 5.84 Å². The van der Waals surface area contributed by atoms with Gasteiger partial charge in [-0.15, -0.1) is 0 Å². The molecular formula is C19H21N5. The standard InChI is InChI=1S/C19H21N5/c1-14-18(21-16-9-11-17(12-10-16)23(2)3)19(20)24(22-14)13-15-7-5-4-6-8-15/h4-12,20H,13H2,1-3H3. The quantitative estimate of drug-likeness (QED) is 0.934. The van der Waals surface area contributed by atoms with Gasteiger partial charge >= 0.3 is 0 Å². The summed E-state index contributed by atoms with van der Waals surface area (Å²) >= 11 is 0. The average Bonchev–Trinajstić information content (AvgIpc) is 2.84. The molecule has 0 bridgehead atoms. The van der Waals surface area contributed by atoms with Gasteiger partial charge in [-0.3, -0.25) is 5.41 Å². The van der Waals surface area contributed by atoms with Gasteiger partial charge in [-0.1, -0.05) is 30.3 Å². The van der Waals surface area contributed by atoms with Crippen LogP contribution in [0.5, 0.6) is 0 Å². The van der Waals surface area contributed by atoms with E-state index >= 15 is 0 Å². The van der Waals surface area contributed by atoms with Gasteiger partial charge in [0.1, 0.15) is 5.71 Å². The maximum absolute atomic E-state index is 8.38. The lowest BCUT2D eigenvalue weighted by Gasteiger charge is -2.14. The molecule has 0 aromatic heterocycles. The van der Waals surface area contributed by atoms with E-state index in [-0.39, 0.29) is 0 Å². The molecule has 0 saturated heterocycles. The first kappa shape index (κ1) is 15.9. The van der Waals surface area contributed by atoms with E-state index in [1.807, 2.05) is 80.5 Å². The summed E-state index contributed by atoms with van der Waals surface area (Å²) in [6, 6.07) is 18.0. The third-order valence-corrected chi connectivity index (χ3v) is 3.88. The molecule has 1 aliphatic rings. The van der Waals surface area contributed by atoms with E-state index in [9.17, 15) is 0 Å². The van der Waals surface area contributed by atoms with Crippen LogP contribution in [0.3, 0.4) is 0 Å². The smallest absolute Gasteiger partial charge is 0.169 e. The zero-order valence-corrected chi connectivity index (χ0v) is 14.2. The van der Waals surface area contributed by atoms with Crippen LogP contribution in [0.15, 0.2) is 64.7 Å². The topological polar surface area (TPSA) is 55.1 Å². The minimum atomic E-state index is 0.341. The predicted octanol–water partition coefficient (Wildman–Crippen LogP) is 3.69. The van der Waals surface area contributed by atoms with E-state index in [0.29, 0.717) is 18.1 Å². The molecule has 0 saturated carbocycles. The van der Waals surface area contributed by atoms with Crippen LogP contribution in [-0.4, -0.2) is 36.4 Å². The van der Waals surface area contributed by atoms with Crippen molar-refractivity contribution in [1.29, 1.82) is 5.41 Å². The van der Waals surface area contributed by atoms with Crippen molar-refractivity contribution in [1.82, 2.24) is 5.01 Å². The zero-order valence-electron chi connectivity index (χ0n) is 14.2. The van der Waals surface area contributed by atoms with Crippen LogP contribution < -0.4 is 4.90 Å². The number of anilines is 1. The van der Waals surface area contributed by atoms with Gasteiger partial charge in [0, 0.05) is 19.8 Å². The normalized spacial score (nSPS) is 15.8. The Morgan fingerprint density at radius 1 is 1.04 bits per heavy atom. The highest BCUT2D eigenvalue weighted by Gasteiger charge is 2.25. The Hall–Kier alpha value is -2.95. The van der Waals surface area contributed by atoms with Crippen molar-refractivity contribution < 1.29 is 0 Å². The molecule has 0 fully saturated rings. The van der Waals surface area contributed by atoms with E-state index < -0.39 is 0 Å². The van der Waals surface area contributed by atoms with Crippen LogP contribution in [-0.2, 0) is 6.54 Å². The van der Waals surface area contributed by atoms with Crippen LogP contribution >= 0.6 is 0 Å². The molecule has 122 valence electrons. The summed E-state index contributed by atoms with van der Waals surface area (Å²) in [5.41, 5.74) is 4.47. The number of rotatable bonds is 4. The van der Waals surface area contributed by atoms with Gasteiger partial charge in [-0.25, -0.2) is 10.0 Å². The molecule has 0 atom stereocenters. The number of hydrogen-bond acceptors (Lipinski definition) is 4. The Morgan fingerprint density at radius 3 is 2.33 bits per heavy atom. The predicted molar refractivity (Wildman–Crippen MR) is 101 cm³/mol. The fraction of sp³-hybridized carbons (Fsp3) is 0.211. The van der Waals surface area contributed by atoms with E-state index in [0.717, 1.165) is 22.6 Å². The molecule has 5 nitrogen and oxygen atoms in total. The number of nitrogens with one attached hydrogen (secondary N) is 1. The largest absolute Gasteiger partial charge is 0.378 e. The SMILES string of the molecule is CC1=NN(Cc2ccccc2)C(=N)C1=Nc1ccc(N(C)C)cc1. The molecule has 3 rings (SSSR count). The van der Waals surface area contributed by atoms with Crippen LogP contribution in [0.1, 0.15) is 12.5 Å². The zero-order chi connectivity index (χ0) is 17.1. The summed E-state index contributed by atoms with van der Waals surface area (Å²) in [4.78, 5) is 6.66. The molecule has 1 heterocycles. The Kier molecular flexibility index (Phi) is 4.42. The van der Waals surface area contributed by atoms with Crippen molar-refractivity contribution in [2.24, 2.45) is 10.1 Å². The lowest BCUT2D eigenvalue weighted by Crippen LogP contribution is -2.26. The lowest BCUT2D eigenvalue weighted by molar-refractivity contribution is 0.449. The van der Waals surface area contributed by atoms with Gasteiger partial charge in [0.25, 0.3) is 0 Å². The third kappa shape index (κ3) is 3.35. The lowest BCUT2D eigenvalue weighted by atomic mass is 10.2. The first-order valence-electron chi connectivity index (χ1n) is 7.86. The van der Waals surface area contributed by atoms with Gasteiger partial charge < -0.3 is 4.90 Å². The van der Waals surface area contributed by atoms with E-state index in [4.69, 9.17) is 5.41 Å². The summed E-state index contributed by atoms with van der Waals surface area (Å²) in [5, 5.41) is 14.5. The van der Waals surface area contributed by atoms with Gasteiger partial charge in [0.2, 0.25) is 0 Å². The second-order valence-electron chi connectivity index (χ2n) is 5.95. The molecule has 0 aliphatic carbocycles. The number of amidine groups is 1. The average molecular weight is 319 g/mol. The number of hydrogen-bond donors (Lipinski definition) is 1. The summed E-state index contributed by atoms with van der Waals surface area (Å²) in [6.07, 6.45) is 0.